The molecule has 8 heteroatoms. The van der Waals surface area contributed by atoms with Crippen molar-refractivity contribution in [2.75, 3.05) is 37.7 Å². The molecule has 2 N–H and O–H groups in total. The van der Waals surface area contributed by atoms with Crippen molar-refractivity contribution < 1.29 is 9.47 Å². The lowest BCUT2D eigenvalue weighted by Crippen LogP contribution is -2.41. The van der Waals surface area contributed by atoms with Crippen LogP contribution in [0.1, 0.15) is 31.9 Å². The number of guanidine groups is 1. The van der Waals surface area contributed by atoms with Gasteiger partial charge in [-0.3, -0.25) is 0 Å². The van der Waals surface area contributed by atoms with Crippen LogP contribution >= 0.6 is 24.0 Å². The number of halogens is 1. The van der Waals surface area contributed by atoms with Gasteiger partial charge in [0.15, 0.2) is 5.96 Å². The van der Waals surface area contributed by atoms with Gasteiger partial charge in [-0.15, -0.1) is 24.0 Å². The topological polar surface area (TPSA) is 71.0 Å². The maximum absolute atomic E-state index is 5.71. The molecule has 1 aromatic carbocycles. The Bertz CT molecular complexity index is 816. The van der Waals surface area contributed by atoms with Crippen molar-refractivity contribution in [3.8, 4) is 5.75 Å². The standard InChI is InChI=1S/C23H33N5O2.HI/c1-4-24-23(27-16-20-8-6-7-9-21(20)29-5-2)26-15-19-10-11-22(25-14-19)28-12-13-30-18(3)17-28;/h6-11,14,18H,4-5,12-13,15-17H2,1-3H3,(H2,24,26,27);1H. The highest BCUT2D eigenvalue weighted by molar-refractivity contribution is 14.0. The summed E-state index contributed by atoms with van der Waals surface area (Å²) < 4.78 is 11.3. The third kappa shape index (κ3) is 7.84. The van der Waals surface area contributed by atoms with Gasteiger partial charge in [0, 0.05) is 37.9 Å². The van der Waals surface area contributed by atoms with Crippen LogP contribution in [0.15, 0.2) is 47.6 Å². The molecule has 1 unspecified atom stereocenters. The summed E-state index contributed by atoms with van der Waals surface area (Å²) in [6, 6.07) is 12.2. The molecule has 1 aliphatic rings. The highest BCUT2D eigenvalue weighted by atomic mass is 127. The van der Waals surface area contributed by atoms with Crippen LogP contribution < -0.4 is 20.3 Å². The zero-order valence-corrected chi connectivity index (χ0v) is 21.0. The van der Waals surface area contributed by atoms with Gasteiger partial charge in [0.25, 0.3) is 0 Å². The molecule has 0 amide bonds. The van der Waals surface area contributed by atoms with E-state index >= 15 is 0 Å². The Morgan fingerprint density at radius 1 is 1.23 bits per heavy atom. The normalized spacial score (nSPS) is 16.4. The first-order valence-electron chi connectivity index (χ1n) is 10.7. The third-order valence-electron chi connectivity index (χ3n) is 4.86. The number of para-hydroxylation sites is 1. The molecule has 0 spiro atoms. The number of hydrogen-bond acceptors (Lipinski definition) is 5. The summed E-state index contributed by atoms with van der Waals surface area (Å²) in [6.07, 6.45) is 2.15. The lowest BCUT2D eigenvalue weighted by atomic mass is 10.2. The minimum Gasteiger partial charge on any atom is -0.494 e. The Labute approximate surface area is 202 Å². The van der Waals surface area contributed by atoms with Crippen LogP contribution in [-0.4, -0.2) is 49.9 Å². The molecule has 1 aromatic heterocycles. The Hall–Kier alpha value is -2.07. The molecule has 1 aliphatic heterocycles. The number of pyridine rings is 1. The number of aliphatic imine (C=N–C) groups is 1. The van der Waals surface area contributed by atoms with Crippen LogP contribution in [0, 0.1) is 0 Å². The summed E-state index contributed by atoms with van der Waals surface area (Å²) in [4.78, 5) is 11.6. The highest BCUT2D eigenvalue weighted by Gasteiger charge is 2.17. The van der Waals surface area contributed by atoms with E-state index in [4.69, 9.17) is 14.5 Å². The van der Waals surface area contributed by atoms with Crippen molar-refractivity contribution in [1.29, 1.82) is 0 Å². The SMILES string of the molecule is CCNC(=NCc1ccc(N2CCOC(C)C2)nc1)NCc1ccccc1OCC.I. The zero-order valence-electron chi connectivity index (χ0n) is 18.6. The molecule has 31 heavy (non-hydrogen) atoms. The van der Waals surface area contributed by atoms with Gasteiger partial charge >= 0.3 is 0 Å². The Balaban J connectivity index is 0.00000341. The first kappa shape index (κ1) is 25.2. The van der Waals surface area contributed by atoms with Gasteiger partial charge in [0.05, 0.1) is 25.9 Å². The van der Waals surface area contributed by atoms with Gasteiger partial charge in [-0.2, -0.15) is 0 Å². The van der Waals surface area contributed by atoms with Crippen molar-refractivity contribution in [1.82, 2.24) is 15.6 Å². The molecular weight excluding hydrogens is 505 g/mol. The molecule has 7 nitrogen and oxygen atoms in total. The number of aromatic nitrogens is 1. The number of nitrogens with one attached hydrogen (secondary N) is 2. The summed E-state index contributed by atoms with van der Waals surface area (Å²) in [5.74, 6) is 2.67. The van der Waals surface area contributed by atoms with Crippen LogP contribution in [-0.2, 0) is 17.8 Å². The first-order chi connectivity index (χ1) is 14.7. The minimum absolute atomic E-state index is 0. The number of anilines is 1. The summed E-state index contributed by atoms with van der Waals surface area (Å²) >= 11 is 0. The smallest absolute Gasteiger partial charge is 0.191 e. The second-order valence-electron chi connectivity index (χ2n) is 7.24. The summed E-state index contributed by atoms with van der Waals surface area (Å²) in [6.45, 7) is 11.3. The quantitative estimate of drug-likeness (QED) is 0.304. The fourth-order valence-electron chi connectivity index (χ4n) is 3.36. The van der Waals surface area contributed by atoms with E-state index in [0.29, 0.717) is 19.7 Å². The van der Waals surface area contributed by atoms with Crippen LogP contribution in [0.3, 0.4) is 0 Å². The highest BCUT2D eigenvalue weighted by Crippen LogP contribution is 2.18. The molecule has 0 aliphatic carbocycles. The van der Waals surface area contributed by atoms with Gasteiger partial charge in [-0.05, 0) is 38.5 Å². The van der Waals surface area contributed by atoms with Gasteiger partial charge in [-0.25, -0.2) is 9.98 Å². The van der Waals surface area contributed by atoms with Crippen LogP contribution in [0.2, 0.25) is 0 Å². The van der Waals surface area contributed by atoms with E-state index in [0.717, 1.165) is 54.9 Å². The van der Waals surface area contributed by atoms with Gasteiger partial charge in [-0.1, -0.05) is 24.3 Å². The van der Waals surface area contributed by atoms with E-state index in [2.05, 4.69) is 52.6 Å². The number of benzene rings is 1. The average Bonchev–Trinajstić information content (AvgIpc) is 2.77. The van der Waals surface area contributed by atoms with Crippen molar-refractivity contribution in [3.05, 3.63) is 53.7 Å². The second kappa shape index (κ2) is 13.4. The molecule has 0 radical (unpaired) electrons. The monoisotopic (exact) mass is 539 g/mol. The van der Waals surface area contributed by atoms with E-state index in [1.807, 2.05) is 31.3 Å². The largest absolute Gasteiger partial charge is 0.494 e. The number of rotatable bonds is 8. The fraction of sp³-hybridized carbons (Fsp3) is 0.478. The van der Waals surface area contributed by atoms with Crippen LogP contribution in [0.25, 0.3) is 0 Å². The van der Waals surface area contributed by atoms with E-state index in [1.54, 1.807) is 0 Å². The van der Waals surface area contributed by atoms with E-state index in [-0.39, 0.29) is 30.1 Å². The van der Waals surface area contributed by atoms with E-state index in [1.165, 1.54) is 0 Å². The molecule has 3 rings (SSSR count). The molecule has 170 valence electrons. The molecule has 2 heterocycles. The Kier molecular flexibility index (Phi) is 10.9. The first-order valence-corrected chi connectivity index (χ1v) is 10.7. The predicted octanol–water partition coefficient (Wildman–Crippen LogP) is 3.58. The summed E-state index contributed by atoms with van der Waals surface area (Å²) in [7, 11) is 0. The lowest BCUT2D eigenvalue weighted by molar-refractivity contribution is 0.0529. The molecule has 1 atom stereocenters. The summed E-state index contributed by atoms with van der Waals surface area (Å²) in [5.41, 5.74) is 2.18. The fourth-order valence-corrected chi connectivity index (χ4v) is 3.36. The van der Waals surface area contributed by atoms with Gasteiger partial charge < -0.3 is 25.0 Å². The molecule has 2 aromatic rings. The number of hydrogen-bond donors (Lipinski definition) is 2. The number of ether oxygens (including phenoxy) is 2. The Morgan fingerprint density at radius 3 is 2.77 bits per heavy atom. The Morgan fingerprint density at radius 2 is 2.06 bits per heavy atom. The summed E-state index contributed by atoms with van der Waals surface area (Å²) in [5, 5.41) is 6.69. The van der Waals surface area contributed by atoms with Crippen molar-refractivity contribution in [3.63, 3.8) is 0 Å². The average molecular weight is 539 g/mol. The van der Waals surface area contributed by atoms with Crippen LogP contribution in [0.4, 0.5) is 5.82 Å². The van der Waals surface area contributed by atoms with Gasteiger partial charge in [0.1, 0.15) is 11.6 Å². The molecule has 1 saturated heterocycles. The van der Waals surface area contributed by atoms with Crippen molar-refractivity contribution in [2.24, 2.45) is 4.99 Å². The zero-order chi connectivity index (χ0) is 21.2. The number of morpholine rings is 1. The van der Waals surface area contributed by atoms with E-state index < -0.39 is 0 Å². The van der Waals surface area contributed by atoms with Gasteiger partial charge in [0.2, 0.25) is 0 Å². The second-order valence-corrected chi connectivity index (χ2v) is 7.24. The minimum atomic E-state index is 0. The molecular formula is C23H34IN5O2. The third-order valence-corrected chi connectivity index (χ3v) is 4.86. The van der Waals surface area contributed by atoms with E-state index in [9.17, 15) is 0 Å². The number of nitrogens with zero attached hydrogens (tertiary/aromatic N) is 3. The van der Waals surface area contributed by atoms with Crippen molar-refractivity contribution >= 4 is 35.8 Å². The molecule has 1 fully saturated rings. The van der Waals surface area contributed by atoms with Crippen molar-refractivity contribution in [2.45, 2.75) is 40.0 Å². The predicted molar refractivity (Wildman–Crippen MR) is 137 cm³/mol. The molecule has 0 bridgehead atoms. The van der Waals surface area contributed by atoms with Crippen LogP contribution in [0.5, 0.6) is 5.75 Å². The molecule has 0 saturated carbocycles. The maximum atomic E-state index is 5.71. The lowest BCUT2D eigenvalue weighted by Gasteiger charge is -2.32. The maximum Gasteiger partial charge on any atom is 0.191 e.